The van der Waals surface area contributed by atoms with Crippen LogP contribution in [-0.2, 0) is 9.84 Å². The molecular weight excluding hydrogens is 292 g/mol. The van der Waals surface area contributed by atoms with Gasteiger partial charge in [0.15, 0.2) is 9.84 Å². The molecule has 0 aliphatic heterocycles. The lowest BCUT2D eigenvalue weighted by molar-refractivity contribution is 0.0817. The first kappa shape index (κ1) is 17.5. The van der Waals surface area contributed by atoms with Crippen molar-refractivity contribution in [1.29, 1.82) is 0 Å². The van der Waals surface area contributed by atoms with Crippen molar-refractivity contribution in [1.82, 2.24) is 5.32 Å². The van der Waals surface area contributed by atoms with Gasteiger partial charge >= 0.3 is 0 Å². The van der Waals surface area contributed by atoms with Gasteiger partial charge < -0.3 is 16.2 Å². The number of nitrogen functional groups attached to an aromatic ring is 1. The Bertz CT molecular complexity index is 614. The van der Waals surface area contributed by atoms with Crippen LogP contribution in [-0.4, -0.2) is 37.8 Å². The molecule has 1 aromatic rings. The lowest BCUT2D eigenvalue weighted by atomic mass is 9.93. The van der Waals surface area contributed by atoms with Crippen LogP contribution in [0.1, 0.15) is 37.0 Å². The van der Waals surface area contributed by atoms with Crippen molar-refractivity contribution in [2.45, 2.75) is 37.1 Å². The molecule has 4 N–H and O–H groups in total. The minimum atomic E-state index is -3.45. The molecule has 118 valence electrons. The number of aliphatic hydroxyl groups is 1. The van der Waals surface area contributed by atoms with E-state index in [1.165, 1.54) is 18.2 Å². The van der Waals surface area contributed by atoms with Crippen LogP contribution in [0.25, 0.3) is 0 Å². The van der Waals surface area contributed by atoms with E-state index >= 15 is 0 Å². The van der Waals surface area contributed by atoms with E-state index in [9.17, 15) is 18.3 Å². The SMILES string of the molecule is CCC(CC)(CO)NC(=O)c1cc(N)cc(S(C)(=O)=O)c1. The number of amides is 1. The summed E-state index contributed by atoms with van der Waals surface area (Å²) in [6, 6.07) is 4.01. The van der Waals surface area contributed by atoms with Gasteiger partial charge in [0.2, 0.25) is 0 Å². The Morgan fingerprint density at radius 3 is 2.29 bits per heavy atom. The number of hydrogen-bond acceptors (Lipinski definition) is 5. The molecule has 6 nitrogen and oxygen atoms in total. The lowest BCUT2D eigenvalue weighted by Crippen LogP contribution is -2.50. The molecule has 0 atom stereocenters. The molecule has 1 aromatic carbocycles. The highest BCUT2D eigenvalue weighted by atomic mass is 32.2. The van der Waals surface area contributed by atoms with E-state index in [4.69, 9.17) is 5.73 Å². The Hall–Kier alpha value is -1.60. The minimum Gasteiger partial charge on any atom is -0.399 e. The highest BCUT2D eigenvalue weighted by Crippen LogP contribution is 2.19. The molecule has 0 fully saturated rings. The molecule has 0 aliphatic rings. The van der Waals surface area contributed by atoms with Crippen LogP contribution in [0, 0.1) is 0 Å². The third-order valence-electron chi connectivity index (χ3n) is 3.65. The zero-order valence-electron chi connectivity index (χ0n) is 12.5. The van der Waals surface area contributed by atoms with Crippen LogP contribution in [0.15, 0.2) is 23.1 Å². The lowest BCUT2D eigenvalue weighted by Gasteiger charge is -2.30. The number of nitrogens with one attached hydrogen (secondary N) is 1. The first-order valence-electron chi connectivity index (χ1n) is 6.71. The van der Waals surface area contributed by atoms with Crippen LogP contribution >= 0.6 is 0 Å². The van der Waals surface area contributed by atoms with E-state index < -0.39 is 21.3 Å². The second kappa shape index (κ2) is 6.44. The van der Waals surface area contributed by atoms with Crippen molar-refractivity contribution in [2.75, 3.05) is 18.6 Å². The molecule has 0 saturated carbocycles. The highest BCUT2D eigenvalue weighted by Gasteiger charge is 2.28. The summed E-state index contributed by atoms with van der Waals surface area (Å²) in [6.07, 6.45) is 2.18. The molecule has 1 amide bonds. The van der Waals surface area contributed by atoms with Crippen LogP contribution in [0.4, 0.5) is 5.69 Å². The van der Waals surface area contributed by atoms with Crippen molar-refractivity contribution in [3.8, 4) is 0 Å². The molecule has 0 unspecified atom stereocenters. The van der Waals surface area contributed by atoms with Gasteiger partial charge in [-0.2, -0.15) is 0 Å². The van der Waals surface area contributed by atoms with Crippen LogP contribution in [0.5, 0.6) is 0 Å². The number of hydrogen-bond donors (Lipinski definition) is 3. The number of rotatable bonds is 6. The summed E-state index contributed by atoms with van der Waals surface area (Å²) in [7, 11) is -3.45. The number of carbonyl (C=O) groups is 1. The number of aliphatic hydroxyl groups excluding tert-OH is 1. The fourth-order valence-corrected chi connectivity index (χ4v) is 2.66. The molecule has 7 heteroatoms. The van der Waals surface area contributed by atoms with E-state index in [1.807, 2.05) is 13.8 Å². The van der Waals surface area contributed by atoms with Crippen molar-refractivity contribution < 1.29 is 18.3 Å². The first-order valence-corrected chi connectivity index (χ1v) is 8.60. The van der Waals surface area contributed by atoms with E-state index in [2.05, 4.69) is 5.32 Å². The Morgan fingerprint density at radius 2 is 1.86 bits per heavy atom. The number of sulfone groups is 1. The van der Waals surface area contributed by atoms with Crippen molar-refractivity contribution in [2.24, 2.45) is 0 Å². The fourth-order valence-electron chi connectivity index (χ4n) is 1.97. The molecule has 21 heavy (non-hydrogen) atoms. The predicted molar refractivity (Wildman–Crippen MR) is 81.8 cm³/mol. The third-order valence-corrected chi connectivity index (χ3v) is 4.75. The molecule has 0 aliphatic carbocycles. The molecule has 0 bridgehead atoms. The summed E-state index contributed by atoms with van der Waals surface area (Å²) in [4.78, 5) is 12.3. The van der Waals surface area contributed by atoms with E-state index in [-0.39, 0.29) is 22.8 Å². The second-order valence-electron chi connectivity index (χ2n) is 5.16. The van der Waals surface area contributed by atoms with Gasteiger partial charge in [-0.15, -0.1) is 0 Å². The van der Waals surface area contributed by atoms with Crippen molar-refractivity contribution in [3.05, 3.63) is 23.8 Å². The zero-order chi connectivity index (χ0) is 16.3. The second-order valence-corrected chi connectivity index (χ2v) is 7.18. The van der Waals surface area contributed by atoms with Gasteiger partial charge in [0, 0.05) is 17.5 Å². The smallest absolute Gasteiger partial charge is 0.251 e. The van der Waals surface area contributed by atoms with E-state index in [0.717, 1.165) is 6.26 Å². The average molecular weight is 314 g/mol. The largest absolute Gasteiger partial charge is 0.399 e. The van der Waals surface area contributed by atoms with Gasteiger partial charge in [-0.3, -0.25) is 4.79 Å². The Morgan fingerprint density at radius 1 is 1.29 bits per heavy atom. The van der Waals surface area contributed by atoms with Crippen LogP contribution in [0.3, 0.4) is 0 Å². The van der Waals surface area contributed by atoms with Crippen molar-refractivity contribution in [3.63, 3.8) is 0 Å². The molecule has 0 saturated heterocycles. The number of anilines is 1. The molecule has 0 radical (unpaired) electrons. The van der Waals surface area contributed by atoms with Gasteiger partial charge in [0.25, 0.3) is 5.91 Å². The van der Waals surface area contributed by atoms with Gasteiger partial charge in [0.05, 0.1) is 17.0 Å². The van der Waals surface area contributed by atoms with Crippen molar-refractivity contribution >= 4 is 21.4 Å². The normalized spacial score (nSPS) is 12.2. The first-order chi connectivity index (χ1) is 9.67. The zero-order valence-corrected chi connectivity index (χ0v) is 13.3. The third kappa shape index (κ3) is 4.18. The molecule has 0 heterocycles. The molecular formula is C14H22N2O4S. The summed E-state index contributed by atoms with van der Waals surface area (Å²) in [5.41, 5.74) is 5.31. The Labute approximate surface area is 125 Å². The highest BCUT2D eigenvalue weighted by molar-refractivity contribution is 7.90. The van der Waals surface area contributed by atoms with Gasteiger partial charge in [-0.05, 0) is 31.0 Å². The Kier molecular flexibility index (Phi) is 5.36. The van der Waals surface area contributed by atoms with E-state index in [0.29, 0.717) is 12.8 Å². The quantitative estimate of drug-likeness (QED) is 0.677. The average Bonchev–Trinajstić information content (AvgIpc) is 2.43. The topological polar surface area (TPSA) is 109 Å². The maximum absolute atomic E-state index is 12.3. The molecule has 0 aromatic heterocycles. The molecule has 1 rings (SSSR count). The molecule has 0 spiro atoms. The number of nitrogens with two attached hydrogens (primary N) is 1. The standard InChI is InChI=1S/C14H22N2O4S/c1-4-14(5-2,9-17)16-13(18)10-6-11(15)8-12(7-10)21(3,19)20/h6-8,17H,4-5,9,15H2,1-3H3,(H,16,18). The summed E-state index contributed by atoms with van der Waals surface area (Å²) < 4.78 is 23.2. The summed E-state index contributed by atoms with van der Waals surface area (Å²) >= 11 is 0. The van der Waals surface area contributed by atoms with E-state index in [1.54, 1.807) is 0 Å². The minimum absolute atomic E-state index is 0.00440. The summed E-state index contributed by atoms with van der Waals surface area (Å²) in [5.74, 6) is -0.454. The van der Waals surface area contributed by atoms with Gasteiger partial charge in [0.1, 0.15) is 0 Å². The summed E-state index contributed by atoms with van der Waals surface area (Å²) in [6.45, 7) is 3.54. The van der Waals surface area contributed by atoms with Gasteiger partial charge in [-0.25, -0.2) is 8.42 Å². The maximum Gasteiger partial charge on any atom is 0.251 e. The number of benzene rings is 1. The van der Waals surface area contributed by atoms with Gasteiger partial charge in [-0.1, -0.05) is 13.8 Å². The fraction of sp³-hybridized carbons (Fsp3) is 0.500. The monoisotopic (exact) mass is 314 g/mol. The maximum atomic E-state index is 12.3. The van der Waals surface area contributed by atoms with Crippen LogP contribution in [0.2, 0.25) is 0 Å². The number of carbonyl (C=O) groups excluding carboxylic acids is 1. The summed E-state index contributed by atoms with van der Waals surface area (Å²) in [5, 5.41) is 12.2. The Balaban J connectivity index is 3.17. The predicted octanol–water partition coefficient (Wildman–Crippen LogP) is 0.953. The van der Waals surface area contributed by atoms with Crippen LogP contribution < -0.4 is 11.1 Å².